The number of thiazole rings is 1. The lowest BCUT2D eigenvalue weighted by atomic mass is 10.0. The minimum Gasteiger partial charge on any atom is -0.456 e. The van der Waals surface area contributed by atoms with Crippen molar-refractivity contribution in [2.75, 3.05) is 0 Å². The van der Waals surface area contributed by atoms with E-state index >= 15 is 0 Å². The molecule has 13 aromatic rings. The van der Waals surface area contributed by atoms with E-state index in [1.807, 2.05) is 12.1 Å². The van der Waals surface area contributed by atoms with Crippen LogP contribution in [-0.2, 0) is 0 Å². The summed E-state index contributed by atoms with van der Waals surface area (Å²) >= 11 is 1.70. The Kier molecular flexibility index (Phi) is 7.98. The predicted octanol–water partition coefficient (Wildman–Crippen LogP) is 15.0. The Hall–Kier alpha value is -8.26. The number of benzene rings is 9. The number of nitrogens with zero attached hydrogens (tertiary/aromatic N) is 5. The summed E-state index contributed by atoms with van der Waals surface area (Å²) in [6.45, 7) is 0. The van der Waals surface area contributed by atoms with Gasteiger partial charge in [-0.2, -0.15) is 0 Å². The van der Waals surface area contributed by atoms with Gasteiger partial charge in [-0.3, -0.25) is 0 Å². The molecule has 4 heterocycles. The van der Waals surface area contributed by atoms with Crippen LogP contribution >= 0.6 is 11.3 Å². The zero-order valence-corrected chi connectivity index (χ0v) is 34.4. The Morgan fingerprint density at radius 1 is 0.381 bits per heavy atom. The second-order valence-corrected chi connectivity index (χ2v) is 16.9. The minimum atomic E-state index is 0.587. The molecule has 0 fully saturated rings. The van der Waals surface area contributed by atoms with Crippen molar-refractivity contribution in [2.24, 2.45) is 0 Å². The Bertz CT molecular complexity index is 3910. The van der Waals surface area contributed by atoms with E-state index in [2.05, 4.69) is 193 Å². The van der Waals surface area contributed by atoms with Crippen LogP contribution in [0.3, 0.4) is 0 Å². The Labute approximate surface area is 365 Å². The summed E-state index contributed by atoms with van der Waals surface area (Å²) in [5.41, 5.74) is 12.0. The highest BCUT2D eigenvalue weighted by Gasteiger charge is 2.20. The van der Waals surface area contributed by atoms with Crippen LogP contribution in [-0.4, -0.2) is 24.5 Å². The third-order valence-electron chi connectivity index (χ3n) is 12.1. The maximum absolute atomic E-state index is 6.55. The number of rotatable bonds is 6. The molecule has 0 aliphatic carbocycles. The fourth-order valence-electron chi connectivity index (χ4n) is 9.11. The number of aromatic nitrogens is 5. The van der Waals surface area contributed by atoms with Crippen molar-refractivity contribution in [2.45, 2.75) is 0 Å². The quantitative estimate of drug-likeness (QED) is 0.167. The van der Waals surface area contributed by atoms with Crippen LogP contribution in [0, 0.1) is 0 Å². The van der Waals surface area contributed by atoms with Crippen LogP contribution in [0.1, 0.15) is 0 Å². The first kappa shape index (κ1) is 35.5. The predicted molar refractivity (Wildman–Crippen MR) is 259 cm³/mol. The molecule has 0 N–H and O–H groups in total. The minimum absolute atomic E-state index is 0.587. The lowest BCUT2D eigenvalue weighted by Crippen LogP contribution is -2.00. The molecule has 0 unspecified atom stereocenters. The molecule has 0 radical (unpaired) electrons. The van der Waals surface area contributed by atoms with Crippen LogP contribution in [0.25, 0.3) is 126 Å². The molecular formula is C56H33N5OS. The van der Waals surface area contributed by atoms with Crippen molar-refractivity contribution < 1.29 is 4.42 Å². The largest absolute Gasteiger partial charge is 0.456 e. The van der Waals surface area contributed by atoms with Gasteiger partial charge in [0.2, 0.25) is 0 Å². The summed E-state index contributed by atoms with van der Waals surface area (Å²) in [6.07, 6.45) is 0. The van der Waals surface area contributed by atoms with Crippen molar-refractivity contribution in [1.29, 1.82) is 0 Å². The molecule has 0 spiro atoms. The maximum atomic E-state index is 6.55. The van der Waals surface area contributed by atoms with E-state index < -0.39 is 0 Å². The zero-order valence-electron chi connectivity index (χ0n) is 33.6. The molecule has 6 nitrogen and oxygen atoms in total. The van der Waals surface area contributed by atoms with Gasteiger partial charge in [-0.1, -0.05) is 133 Å². The lowest BCUT2D eigenvalue weighted by molar-refractivity contribution is 0.669. The molecule has 0 saturated heterocycles. The smallest absolute Gasteiger partial charge is 0.164 e. The summed E-state index contributed by atoms with van der Waals surface area (Å²) in [5, 5.41) is 7.47. The van der Waals surface area contributed by atoms with E-state index in [0.717, 1.165) is 103 Å². The van der Waals surface area contributed by atoms with Crippen molar-refractivity contribution >= 4 is 76.1 Å². The molecule has 0 saturated carbocycles. The van der Waals surface area contributed by atoms with Gasteiger partial charge in [-0.15, -0.1) is 11.3 Å². The third kappa shape index (κ3) is 5.86. The van der Waals surface area contributed by atoms with Crippen molar-refractivity contribution in [3.8, 4) is 61.5 Å². The van der Waals surface area contributed by atoms with Gasteiger partial charge >= 0.3 is 0 Å². The summed E-state index contributed by atoms with van der Waals surface area (Å²) < 4.78 is 9.99. The van der Waals surface area contributed by atoms with Crippen LogP contribution < -0.4 is 0 Å². The molecule has 0 amide bonds. The number of hydrogen-bond acceptors (Lipinski definition) is 6. The first-order chi connectivity index (χ1) is 31.2. The van der Waals surface area contributed by atoms with Crippen LogP contribution in [0.2, 0.25) is 0 Å². The second-order valence-electron chi connectivity index (χ2n) is 15.8. The Morgan fingerprint density at radius 2 is 0.952 bits per heavy atom. The van der Waals surface area contributed by atoms with E-state index in [0.29, 0.717) is 17.5 Å². The van der Waals surface area contributed by atoms with Gasteiger partial charge in [-0.05, 0) is 88.6 Å². The molecule has 0 aliphatic rings. The monoisotopic (exact) mass is 823 g/mol. The standard InChI is InChI=1S/C56H33N5OS/c1-4-13-34(14-5-1)37-17-12-18-38(31-37)53-58-54(60-55(59-53)40-25-27-46-44(33-40)42-21-10-11-22-45(42)61(46)41-19-8-3-9-20-41)39-24-23-35-26-28-47-50(43(35)32-39)51-48(62-47)29-30-49-52(51)57-56(63-49)36-15-6-2-7-16-36/h1-33H. The highest BCUT2D eigenvalue weighted by atomic mass is 32.1. The van der Waals surface area contributed by atoms with Gasteiger partial charge in [0.25, 0.3) is 0 Å². The molecule has 63 heavy (non-hydrogen) atoms. The summed E-state index contributed by atoms with van der Waals surface area (Å²) in [6, 6.07) is 69.7. The fraction of sp³-hybridized carbons (Fsp3) is 0. The highest BCUT2D eigenvalue weighted by Crippen LogP contribution is 2.43. The Balaban J connectivity index is 1.03. The van der Waals surface area contributed by atoms with Gasteiger partial charge in [0.05, 0.1) is 26.6 Å². The topological polar surface area (TPSA) is 69.6 Å². The summed E-state index contributed by atoms with van der Waals surface area (Å²) in [7, 11) is 0. The first-order valence-electron chi connectivity index (χ1n) is 21.0. The van der Waals surface area contributed by atoms with Gasteiger partial charge in [0.15, 0.2) is 17.5 Å². The van der Waals surface area contributed by atoms with Gasteiger partial charge in [0.1, 0.15) is 16.2 Å². The van der Waals surface area contributed by atoms with Crippen LogP contribution in [0.15, 0.2) is 205 Å². The molecule has 0 atom stereocenters. The first-order valence-corrected chi connectivity index (χ1v) is 21.8. The zero-order chi connectivity index (χ0) is 41.4. The van der Waals surface area contributed by atoms with E-state index in [9.17, 15) is 0 Å². The fourth-order valence-corrected chi connectivity index (χ4v) is 10.1. The average molecular weight is 824 g/mol. The maximum Gasteiger partial charge on any atom is 0.164 e. The van der Waals surface area contributed by atoms with E-state index in [-0.39, 0.29) is 0 Å². The van der Waals surface area contributed by atoms with Crippen molar-refractivity contribution in [1.82, 2.24) is 24.5 Å². The Morgan fingerprint density at radius 3 is 1.73 bits per heavy atom. The normalized spacial score (nSPS) is 11.8. The van der Waals surface area contributed by atoms with Gasteiger partial charge in [0, 0.05) is 44.1 Å². The molecule has 294 valence electrons. The van der Waals surface area contributed by atoms with E-state index in [1.54, 1.807) is 11.3 Å². The van der Waals surface area contributed by atoms with Gasteiger partial charge < -0.3 is 8.98 Å². The SMILES string of the molecule is c1ccc(-c2cccc(-c3nc(-c4ccc5ccc6oc7ccc8sc(-c9ccccc9)nc8c7c6c5c4)nc(-c4ccc5c(c4)c4ccccc4n5-c4ccccc4)n3)c2)cc1. The molecular weight excluding hydrogens is 791 g/mol. The highest BCUT2D eigenvalue weighted by molar-refractivity contribution is 7.21. The number of furan rings is 1. The van der Waals surface area contributed by atoms with Crippen LogP contribution in [0.5, 0.6) is 0 Å². The molecule has 0 aliphatic heterocycles. The van der Waals surface area contributed by atoms with Crippen LogP contribution in [0.4, 0.5) is 0 Å². The molecule has 9 aromatic carbocycles. The molecule has 7 heteroatoms. The molecule has 13 rings (SSSR count). The second kappa shape index (κ2) is 14.2. The number of para-hydroxylation sites is 2. The third-order valence-corrected chi connectivity index (χ3v) is 13.1. The van der Waals surface area contributed by atoms with Gasteiger partial charge in [-0.25, -0.2) is 19.9 Å². The average Bonchev–Trinajstić information content (AvgIpc) is 4.07. The molecule has 4 aromatic heterocycles. The lowest BCUT2D eigenvalue weighted by Gasteiger charge is -2.11. The summed E-state index contributed by atoms with van der Waals surface area (Å²) in [4.78, 5) is 21.0. The van der Waals surface area contributed by atoms with E-state index in [1.165, 1.54) is 5.39 Å². The number of hydrogen-bond donors (Lipinski definition) is 0. The van der Waals surface area contributed by atoms with E-state index in [4.69, 9.17) is 24.4 Å². The number of fused-ring (bicyclic) bond motifs is 10. The summed E-state index contributed by atoms with van der Waals surface area (Å²) in [5.74, 6) is 1.79. The van der Waals surface area contributed by atoms with Crippen molar-refractivity contribution in [3.63, 3.8) is 0 Å². The molecule has 0 bridgehead atoms. The van der Waals surface area contributed by atoms with Crippen molar-refractivity contribution in [3.05, 3.63) is 200 Å².